The van der Waals surface area contributed by atoms with Crippen LogP contribution in [0.2, 0.25) is 0 Å². The molecule has 4 nitrogen and oxygen atoms in total. The number of benzene rings is 1. The standard InChI is InChI=1S/C19H20N2O2S/c1-13(20-18(22)11-10-17-3-2-12-24-17)14-6-8-16(9-7-14)21-19(23)15-4-5-15/h2-3,6-13,15H,4-5H2,1H3,(H,20,22)(H,21,23). The topological polar surface area (TPSA) is 58.2 Å². The Kier molecular flexibility index (Phi) is 5.11. The van der Waals surface area contributed by atoms with Gasteiger partial charge in [-0.15, -0.1) is 11.3 Å². The van der Waals surface area contributed by atoms with Gasteiger partial charge >= 0.3 is 0 Å². The van der Waals surface area contributed by atoms with Crippen LogP contribution in [0.25, 0.3) is 6.08 Å². The molecule has 1 aromatic heterocycles. The van der Waals surface area contributed by atoms with E-state index in [-0.39, 0.29) is 23.8 Å². The summed E-state index contributed by atoms with van der Waals surface area (Å²) in [5.74, 6) is 0.169. The molecular formula is C19H20N2O2S. The number of carbonyl (C=O) groups is 2. The van der Waals surface area contributed by atoms with E-state index in [0.717, 1.165) is 29.0 Å². The van der Waals surface area contributed by atoms with Crippen LogP contribution in [0.4, 0.5) is 5.69 Å². The third-order valence-electron chi connectivity index (χ3n) is 3.93. The van der Waals surface area contributed by atoms with Crippen molar-refractivity contribution in [3.8, 4) is 0 Å². The molecule has 1 unspecified atom stereocenters. The minimum absolute atomic E-state index is 0.0985. The zero-order valence-corrected chi connectivity index (χ0v) is 14.3. The molecule has 3 rings (SSSR count). The molecule has 0 radical (unpaired) electrons. The molecule has 1 aliphatic carbocycles. The Bertz CT molecular complexity index is 731. The number of hydrogen-bond donors (Lipinski definition) is 2. The van der Waals surface area contributed by atoms with Crippen molar-refractivity contribution in [1.82, 2.24) is 5.32 Å². The number of anilines is 1. The van der Waals surface area contributed by atoms with Gasteiger partial charge in [-0.2, -0.15) is 0 Å². The van der Waals surface area contributed by atoms with Crippen LogP contribution < -0.4 is 10.6 Å². The molecule has 2 amide bonds. The van der Waals surface area contributed by atoms with Crippen LogP contribution in [0.1, 0.15) is 36.2 Å². The molecule has 0 spiro atoms. The average molecular weight is 340 g/mol. The molecule has 1 heterocycles. The number of hydrogen-bond acceptors (Lipinski definition) is 3. The molecule has 1 fully saturated rings. The average Bonchev–Trinajstić information content (AvgIpc) is 3.30. The summed E-state index contributed by atoms with van der Waals surface area (Å²) in [5.41, 5.74) is 1.80. The summed E-state index contributed by atoms with van der Waals surface area (Å²) in [7, 11) is 0. The van der Waals surface area contributed by atoms with Crippen molar-refractivity contribution in [3.63, 3.8) is 0 Å². The second-order valence-electron chi connectivity index (χ2n) is 5.96. The van der Waals surface area contributed by atoms with Gasteiger partial charge in [0.25, 0.3) is 0 Å². The predicted molar refractivity (Wildman–Crippen MR) is 97.7 cm³/mol. The lowest BCUT2D eigenvalue weighted by Crippen LogP contribution is -2.24. The zero-order chi connectivity index (χ0) is 16.9. The molecule has 0 bridgehead atoms. The molecule has 124 valence electrons. The van der Waals surface area contributed by atoms with E-state index in [2.05, 4.69) is 10.6 Å². The third kappa shape index (κ3) is 4.55. The summed E-state index contributed by atoms with van der Waals surface area (Å²) in [6, 6.07) is 11.4. The van der Waals surface area contributed by atoms with Gasteiger partial charge in [0.15, 0.2) is 0 Å². The van der Waals surface area contributed by atoms with Crippen LogP contribution in [0.5, 0.6) is 0 Å². The van der Waals surface area contributed by atoms with Crippen LogP contribution >= 0.6 is 11.3 Å². The maximum Gasteiger partial charge on any atom is 0.244 e. The molecule has 1 aliphatic rings. The largest absolute Gasteiger partial charge is 0.346 e. The molecule has 2 N–H and O–H groups in total. The Hall–Kier alpha value is -2.40. The van der Waals surface area contributed by atoms with Crippen molar-refractivity contribution < 1.29 is 9.59 Å². The predicted octanol–water partition coefficient (Wildman–Crippen LogP) is 3.99. The lowest BCUT2D eigenvalue weighted by molar-refractivity contribution is -0.118. The van der Waals surface area contributed by atoms with E-state index in [9.17, 15) is 9.59 Å². The van der Waals surface area contributed by atoms with E-state index in [1.807, 2.05) is 54.8 Å². The highest BCUT2D eigenvalue weighted by atomic mass is 32.1. The number of amides is 2. The van der Waals surface area contributed by atoms with E-state index >= 15 is 0 Å². The fourth-order valence-electron chi connectivity index (χ4n) is 2.33. The van der Waals surface area contributed by atoms with Crippen LogP contribution in [0.3, 0.4) is 0 Å². The summed E-state index contributed by atoms with van der Waals surface area (Å²) in [6.45, 7) is 1.94. The molecule has 2 aromatic rings. The quantitative estimate of drug-likeness (QED) is 0.781. The first kappa shape index (κ1) is 16.5. The van der Waals surface area contributed by atoms with Crippen LogP contribution in [0.15, 0.2) is 47.9 Å². The first-order valence-corrected chi connectivity index (χ1v) is 8.92. The van der Waals surface area contributed by atoms with Gasteiger partial charge in [0, 0.05) is 22.6 Å². The lowest BCUT2D eigenvalue weighted by atomic mass is 10.1. The maximum atomic E-state index is 12.0. The van der Waals surface area contributed by atoms with Crippen molar-refractivity contribution in [3.05, 3.63) is 58.3 Å². The van der Waals surface area contributed by atoms with Gasteiger partial charge in [0.05, 0.1) is 6.04 Å². The molecule has 1 aromatic carbocycles. The normalized spacial score (nSPS) is 15.2. The minimum atomic E-state index is -0.123. The smallest absolute Gasteiger partial charge is 0.244 e. The van der Waals surface area contributed by atoms with Crippen LogP contribution in [-0.2, 0) is 9.59 Å². The van der Waals surface area contributed by atoms with E-state index in [1.165, 1.54) is 0 Å². The monoisotopic (exact) mass is 340 g/mol. The number of rotatable bonds is 6. The third-order valence-corrected chi connectivity index (χ3v) is 4.76. The summed E-state index contributed by atoms with van der Waals surface area (Å²) in [4.78, 5) is 24.7. The Morgan fingerprint density at radius 1 is 1.21 bits per heavy atom. The Morgan fingerprint density at radius 2 is 1.96 bits per heavy atom. The first-order chi connectivity index (χ1) is 11.6. The van der Waals surface area contributed by atoms with E-state index in [0.29, 0.717) is 0 Å². The van der Waals surface area contributed by atoms with Gasteiger partial charge in [-0.25, -0.2) is 0 Å². The number of thiophene rings is 1. The summed E-state index contributed by atoms with van der Waals surface area (Å²) in [5, 5.41) is 7.82. The highest BCUT2D eigenvalue weighted by Gasteiger charge is 2.29. The molecule has 0 saturated heterocycles. The van der Waals surface area contributed by atoms with Crippen molar-refractivity contribution in [1.29, 1.82) is 0 Å². The van der Waals surface area contributed by atoms with E-state index in [1.54, 1.807) is 17.4 Å². The Labute approximate surface area is 145 Å². The fourth-order valence-corrected chi connectivity index (χ4v) is 2.95. The van der Waals surface area contributed by atoms with Gasteiger partial charge in [0.1, 0.15) is 0 Å². The fraction of sp³-hybridized carbons (Fsp3) is 0.263. The first-order valence-electron chi connectivity index (χ1n) is 8.05. The Morgan fingerprint density at radius 3 is 2.58 bits per heavy atom. The maximum absolute atomic E-state index is 12.0. The molecule has 1 saturated carbocycles. The van der Waals surface area contributed by atoms with Crippen molar-refractivity contribution in [2.45, 2.75) is 25.8 Å². The van der Waals surface area contributed by atoms with Gasteiger partial charge < -0.3 is 10.6 Å². The minimum Gasteiger partial charge on any atom is -0.346 e. The van der Waals surface area contributed by atoms with Gasteiger partial charge in [-0.3, -0.25) is 9.59 Å². The highest BCUT2D eigenvalue weighted by Crippen LogP contribution is 2.30. The van der Waals surface area contributed by atoms with Crippen LogP contribution in [-0.4, -0.2) is 11.8 Å². The van der Waals surface area contributed by atoms with Crippen LogP contribution in [0, 0.1) is 5.92 Å². The Balaban J connectivity index is 1.53. The molecule has 1 atom stereocenters. The molecular weight excluding hydrogens is 320 g/mol. The second-order valence-corrected chi connectivity index (χ2v) is 6.94. The van der Waals surface area contributed by atoms with Gasteiger partial charge in [-0.1, -0.05) is 18.2 Å². The second kappa shape index (κ2) is 7.45. The number of nitrogens with one attached hydrogen (secondary N) is 2. The van der Waals surface area contributed by atoms with Gasteiger partial charge in [0.2, 0.25) is 11.8 Å². The molecule has 24 heavy (non-hydrogen) atoms. The van der Waals surface area contributed by atoms with Crippen molar-refractivity contribution in [2.75, 3.05) is 5.32 Å². The van der Waals surface area contributed by atoms with Crippen molar-refractivity contribution >= 4 is 34.9 Å². The molecule has 5 heteroatoms. The number of carbonyl (C=O) groups excluding carboxylic acids is 2. The van der Waals surface area contributed by atoms with E-state index < -0.39 is 0 Å². The van der Waals surface area contributed by atoms with Gasteiger partial charge in [-0.05, 0) is 55.0 Å². The highest BCUT2D eigenvalue weighted by molar-refractivity contribution is 7.10. The molecule has 0 aliphatic heterocycles. The van der Waals surface area contributed by atoms with E-state index in [4.69, 9.17) is 0 Å². The summed E-state index contributed by atoms with van der Waals surface area (Å²) < 4.78 is 0. The summed E-state index contributed by atoms with van der Waals surface area (Å²) in [6.07, 6.45) is 5.34. The SMILES string of the molecule is CC(NC(=O)C=Cc1cccs1)c1ccc(NC(=O)C2CC2)cc1. The van der Waals surface area contributed by atoms with Crippen molar-refractivity contribution in [2.24, 2.45) is 5.92 Å². The lowest BCUT2D eigenvalue weighted by Gasteiger charge is -2.14. The summed E-state index contributed by atoms with van der Waals surface area (Å²) >= 11 is 1.59. The zero-order valence-electron chi connectivity index (χ0n) is 13.5.